The molecule has 0 spiro atoms. The number of aromatic nitrogens is 4. The van der Waals surface area contributed by atoms with Gasteiger partial charge in [-0.2, -0.15) is 5.10 Å². The van der Waals surface area contributed by atoms with Gasteiger partial charge < -0.3 is 19.5 Å². The lowest BCUT2D eigenvalue weighted by molar-refractivity contribution is -0.135. The van der Waals surface area contributed by atoms with Gasteiger partial charge in [-0.25, -0.2) is 9.67 Å². The van der Waals surface area contributed by atoms with Crippen LogP contribution in [0.1, 0.15) is 18.4 Å². The number of hydrogen-bond donors (Lipinski definition) is 1. The fourth-order valence-corrected chi connectivity index (χ4v) is 6.01. The summed E-state index contributed by atoms with van der Waals surface area (Å²) in [7, 11) is 0.648. The lowest BCUT2D eigenvalue weighted by atomic mass is 10.0. The largest absolute Gasteiger partial charge is 0.439 e. The van der Waals surface area contributed by atoms with Gasteiger partial charge in [-0.3, -0.25) is 14.7 Å². The van der Waals surface area contributed by atoms with Crippen molar-refractivity contribution in [2.45, 2.75) is 57.8 Å². The molecule has 4 heterocycles. The van der Waals surface area contributed by atoms with Crippen molar-refractivity contribution in [1.82, 2.24) is 29.5 Å². The predicted octanol–water partition coefficient (Wildman–Crippen LogP) is 5.01. The normalized spacial score (nSPS) is 14.7. The summed E-state index contributed by atoms with van der Waals surface area (Å²) in [5.74, 6) is 0.968. The number of aliphatic hydroxyl groups is 1. The van der Waals surface area contributed by atoms with Crippen molar-refractivity contribution in [3.63, 3.8) is 0 Å². The number of likely N-dealkylation sites (tertiary alicyclic amines) is 1. The van der Waals surface area contributed by atoms with Crippen molar-refractivity contribution >= 4 is 24.9 Å². The van der Waals surface area contributed by atoms with Gasteiger partial charge in [0.2, 0.25) is 11.8 Å². The van der Waals surface area contributed by atoms with E-state index >= 15 is 0 Å². The number of carbonyl (C=O) groups is 1. The second-order valence-electron chi connectivity index (χ2n) is 12.4. The number of benzene rings is 1. The van der Waals surface area contributed by atoms with E-state index in [1.54, 1.807) is 24.3 Å². The molecule has 5 rings (SSSR count). The monoisotopic (exact) mass is 602 g/mol. The van der Waals surface area contributed by atoms with Crippen LogP contribution in [-0.4, -0.2) is 88.0 Å². The van der Waals surface area contributed by atoms with Crippen LogP contribution >= 0.6 is 0 Å². The SMILES string of the molecule is CN(C(=O)CO)C1CCN(Cc2cnc3cc(Oc4ccc(-c5ccnn5COCC[Si](C)(C)C)cn4)ccc3c2)CC1. The van der Waals surface area contributed by atoms with Gasteiger partial charge in [0.15, 0.2) is 0 Å². The maximum atomic E-state index is 11.8. The van der Waals surface area contributed by atoms with Crippen molar-refractivity contribution in [2.75, 3.05) is 33.4 Å². The first-order valence-corrected chi connectivity index (χ1v) is 18.6. The molecule has 228 valence electrons. The first-order chi connectivity index (χ1) is 20.7. The Bertz CT molecular complexity index is 1510. The third-order valence-electron chi connectivity index (χ3n) is 7.93. The molecule has 0 aliphatic carbocycles. The number of piperidine rings is 1. The summed E-state index contributed by atoms with van der Waals surface area (Å²) in [5.41, 5.74) is 3.91. The first-order valence-electron chi connectivity index (χ1n) is 14.9. The zero-order valence-corrected chi connectivity index (χ0v) is 26.6. The Morgan fingerprint density at radius 3 is 2.60 bits per heavy atom. The Labute approximate surface area is 254 Å². The highest BCUT2D eigenvalue weighted by Crippen LogP contribution is 2.27. The smallest absolute Gasteiger partial charge is 0.248 e. The molecule has 1 N–H and O–H groups in total. The highest BCUT2D eigenvalue weighted by molar-refractivity contribution is 6.76. The zero-order valence-electron chi connectivity index (χ0n) is 25.6. The van der Waals surface area contributed by atoms with Crippen LogP contribution in [-0.2, 0) is 22.8 Å². The topological polar surface area (TPSA) is 106 Å². The fraction of sp³-hybridized carbons (Fsp3) is 0.438. The minimum Gasteiger partial charge on any atom is -0.439 e. The highest BCUT2D eigenvalue weighted by atomic mass is 28.3. The van der Waals surface area contributed by atoms with Gasteiger partial charge in [-0.1, -0.05) is 19.6 Å². The summed E-state index contributed by atoms with van der Waals surface area (Å²) in [4.78, 5) is 25.1. The molecule has 0 unspecified atom stereocenters. The van der Waals surface area contributed by atoms with Gasteiger partial charge in [0.25, 0.3) is 0 Å². The lowest BCUT2D eigenvalue weighted by Gasteiger charge is -2.36. The quantitative estimate of drug-likeness (QED) is 0.178. The molecular weight excluding hydrogens is 560 g/mol. The summed E-state index contributed by atoms with van der Waals surface area (Å²) < 4.78 is 13.8. The van der Waals surface area contributed by atoms with Crippen LogP contribution in [0, 0.1) is 0 Å². The number of amides is 1. The lowest BCUT2D eigenvalue weighted by Crippen LogP contribution is -2.46. The number of nitrogens with zero attached hydrogens (tertiary/aromatic N) is 6. The molecule has 0 saturated carbocycles. The van der Waals surface area contributed by atoms with E-state index in [-0.39, 0.29) is 11.9 Å². The van der Waals surface area contributed by atoms with Crippen LogP contribution in [0.5, 0.6) is 11.6 Å². The van der Waals surface area contributed by atoms with E-state index in [0.717, 1.165) is 72.9 Å². The Balaban J connectivity index is 1.15. The molecular formula is C32H42N6O4Si. The van der Waals surface area contributed by atoms with E-state index in [1.165, 1.54) is 0 Å². The van der Waals surface area contributed by atoms with E-state index in [9.17, 15) is 4.79 Å². The summed E-state index contributed by atoms with van der Waals surface area (Å²) in [6, 6.07) is 15.2. The molecule has 0 bridgehead atoms. The summed E-state index contributed by atoms with van der Waals surface area (Å²) in [5, 5.41) is 14.6. The number of aliphatic hydroxyl groups excluding tert-OH is 1. The molecule has 11 heteroatoms. The van der Waals surface area contributed by atoms with E-state index in [0.29, 0.717) is 18.4 Å². The molecule has 4 aromatic rings. The van der Waals surface area contributed by atoms with Crippen LogP contribution in [0.15, 0.2) is 61.1 Å². The zero-order chi connectivity index (χ0) is 30.4. The number of likely N-dealkylation sites (N-methyl/N-ethyl adjacent to an activating group) is 1. The predicted molar refractivity (Wildman–Crippen MR) is 170 cm³/mol. The van der Waals surface area contributed by atoms with Crippen molar-refractivity contribution in [2.24, 2.45) is 0 Å². The molecule has 10 nitrogen and oxygen atoms in total. The number of hydrogen-bond acceptors (Lipinski definition) is 8. The van der Waals surface area contributed by atoms with Gasteiger partial charge in [-0.05, 0) is 54.8 Å². The molecule has 43 heavy (non-hydrogen) atoms. The standard InChI is InChI=1S/C32H42N6O4Si/c1-36(32(40)22-39)27-10-13-37(14-11-27)21-24-17-25-5-7-28(18-29(25)33-19-24)42-31-8-6-26(20-34-31)30-9-12-35-38(30)23-41-15-16-43(2,3)4/h5-9,12,17-20,27,39H,10-11,13-16,21-23H2,1-4H3. The Kier molecular flexibility index (Phi) is 9.86. The summed E-state index contributed by atoms with van der Waals surface area (Å²) >= 11 is 0. The number of carbonyl (C=O) groups excluding carboxylic acids is 1. The number of pyridine rings is 2. The van der Waals surface area contributed by atoms with Crippen LogP contribution < -0.4 is 4.74 Å². The van der Waals surface area contributed by atoms with Crippen LogP contribution in [0.2, 0.25) is 25.7 Å². The van der Waals surface area contributed by atoms with Gasteiger partial charge in [0, 0.05) is 89.1 Å². The van der Waals surface area contributed by atoms with E-state index < -0.39 is 14.7 Å². The van der Waals surface area contributed by atoms with E-state index in [2.05, 4.69) is 40.7 Å². The van der Waals surface area contributed by atoms with Crippen molar-refractivity contribution in [1.29, 1.82) is 0 Å². The number of ether oxygens (including phenoxy) is 2. The first kappa shape index (κ1) is 30.8. The van der Waals surface area contributed by atoms with Crippen LogP contribution in [0.4, 0.5) is 0 Å². The van der Waals surface area contributed by atoms with Gasteiger partial charge >= 0.3 is 0 Å². The molecule has 1 aliphatic rings. The Hall–Kier alpha value is -3.64. The average molecular weight is 603 g/mol. The molecule has 1 aliphatic heterocycles. The molecule has 0 radical (unpaired) electrons. The number of rotatable bonds is 12. The summed E-state index contributed by atoms with van der Waals surface area (Å²) in [6.07, 6.45) is 7.29. The molecule has 1 aromatic carbocycles. The molecule has 3 aromatic heterocycles. The second kappa shape index (κ2) is 13.8. The average Bonchev–Trinajstić information content (AvgIpc) is 3.47. The van der Waals surface area contributed by atoms with E-state index in [4.69, 9.17) is 19.6 Å². The van der Waals surface area contributed by atoms with Crippen molar-refractivity contribution < 1.29 is 19.4 Å². The van der Waals surface area contributed by atoms with Gasteiger partial charge in [0.05, 0.1) is 11.2 Å². The Morgan fingerprint density at radius 1 is 1.07 bits per heavy atom. The minimum absolute atomic E-state index is 0.183. The molecule has 1 amide bonds. The number of fused-ring (bicyclic) bond motifs is 1. The fourth-order valence-electron chi connectivity index (χ4n) is 5.26. The maximum Gasteiger partial charge on any atom is 0.248 e. The third kappa shape index (κ3) is 8.26. The second-order valence-corrected chi connectivity index (χ2v) is 18.0. The van der Waals surface area contributed by atoms with Crippen LogP contribution in [0.3, 0.4) is 0 Å². The van der Waals surface area contributed by atoms with Crippen molar-refractivity contribution in [3.05, 3.63) is 66.6 Å². The minimum atomic E-state index is -1.13. The maximum absolute atomic E-state index is 11.8. The molecule has 1 saturated heterocycles. The van der Waals surface area contributed by atoms with Gasteiger partial charge in [0.1, 0.15) is 19.1 Å². The Morgan fingerprint density at radius 2 is 1.88 bits per heavy atom. The summed E-state index contributed by atoms with van der Waals surface area (Å²) in [6.45, 7) is 10.4. The van der Waals surface area contributed by atoms with E-state index in [1.807, 2.05) is 47.3 Å². The highest BCUT2D eigenvalue weighted by Gasteiger charge is 2.25. The third-order valence-corrected chi connectivity index (χ3v) is 9.64. The molecule has 0 atom stereocenters. The van der Waals surface area contributed by atoms with Crippen LogP contribution in [0.25, 0.3) is 22.2 Å². The van der Waals surface area contributed by atoms with Gasteiger partial charge in [-0.15, -0.1) is 0 Å². The molecule has 1 fully saturated rings. The van der Waals surface area contributed by atoms with Crippen molar-refractivity contribution in [3.8, 4) is 22.9 Å².